The molecule has 0 bridgehead atoms. The normalized spacial score (nSPS) is 23.0. The molecule has 0 saturated carbocycles. The van der Waals surface area contributed by atoms with Gasteiger partial charge in [0.05, 0.1) is 21.3 Å². The van der Waals surface area contributed by atoms with Crippen LogP contribution in [-0.2, 0) is 19.9 Å². The molecule has 0 radical (unpaired) electrons. The van der Waals surface area contributed by atoms with E-state index in [-0.39, 0.29) is 28.5 Å². The lowest BCUT2D eigenvalue weighted by Crippen LogP contribution is -2.35. The Morgan fingerprint density at radius 1 is 1.24 bits per heavy atom. The first-order valence-electron chi connectivity index (χ1n) is 7.94. The van der Waals surface area contributed by atoms with Crippen molar-refractivity contribution >= 4 is 31.2 Å². The highest BCUT2D eigenvalue weighted by atomic mass is 32.2. The van der Waals surface area contributed by atoms with Crippen molar-refractivity contribution in [2.45, 2.75) is 30.2 Å². The van der Waals surface area contributed by atoms with E-state index in [1.54, 1.807) is 0 Å². The molecular formula is C14H19N3O6S2. The van der Waals surface area contributed by atoms with E-state index in [0.717, 1.165) is 18.9 Å². The lowest BCUT2D eigenvalue weighted by molar-refractivity contribution is -0.384. The van der Waals surface area contributed by atoms with Crippen LogP contribution in [0.15, 0.2) is 23.1 Å². The Hall–Kier alpha value is -1.72. The molecule has 2 saturated heterocycles. The van der Waals surface area contributed by atoms with Gasteiger partial charge in [0.25, 0.3) is 5.69 Å². The quantitative estimate of drug-likeness (QED) is 0.579. The van der Waals surface area contributed by atoms with Crippen molar-refractivity contribution in [2.75, 3.05) is 29.5 Å². The van der Waals surface area contributed by atoms with Gasteiger partial charge in [-0.2, -0.15) is 0 Å². The molecule has 1 aromatic carbocycles. The van der Waals surface area contributed by atoms with Crippen molar-refractivity contribution in [3.05, 3.63) is 28.3 Å². The molecular weight excluding hydrogens is 370 g/mol. The topological polar surface area (TPSA) is 127 Å². The van der Waals surface area contributed by atoms with Crippen molar-refractivity contribution in [1.82, 2.24) is 4.72 Å². The summed E-state index contributed by atoms with van der Waals surface area (Å²) in [6.45, 7) is 1.40. The molecule has 1 N–H and O–H groups in total. The third kappa shape index (κ3) is 3.93. The minimum Gasteiger partial charge on any atom is -0.366 e. The van der Waals surface area contributed by atoms with Gasteiger partial charge in [0.15, 0.2) is 9.84 Å². The third-order valence-corrected chi connectivity index (χ3v) is 7.74. The van der Waals surface area contributed by atoms with Crippen molar-refractivity contribution < 1.29 is 21.8 Å². The van der Waals surface area contributed by atoms with Gasteiger partial charge in [-0.05, 0) is 31.4 Å². The summed E-state index contributed by atoms with van der Waals surface area (Å²) >= 11 is 0. The lowest BCUT2D eigenvalue weighted by Gasteiger charge is -2.18. The van der Waals surface area contributed by atoms with Gasteiger partial charge in [-0.15, -0.1) is 0 Å². The number of nitrogens with one attached hydrogen (secondary N) is 1. The molecule has 3 rings (SSSR count). The number of nitro groups is 1. The van der Waals surface area contributed by atoms with Crippen LogP contribution >= 0.6 is 0 Å². The SMILES string of the molecule is O=[N+]([O-])c1cc(S(=O)(=O)N[C@H]2CCS(=O)(=O)C2)ccc1N1CCCC1. The van der Waals surface area contributed by atoms with E-state index in [0.29, 0.717) is 18.8 Å². The molecule has 2 aliphatic rings. The summed E-state index contributed by atoms with van der Waals surface area (Å²) in [5.41, 5.74) is 0.147. The predicted octanol–water partition coefficient (Wildman–Crippen LogP) is 0.660. The van der Waals surface area contributed by atoms with Crippen molar-refractivity contribution in [2.24, 2.45) is 0 Å². The van der Waals surface area contributed by atoms with Crippen molar-refractivity contribution in [1.29, 1.82) is 0 Å². The summed E-state index contributed by atoms with van der Waals surface area (Å²) in [7, 11) is -7.26. The fourth-order valence-electron chi connectivity index (χ4n) is 3.22. The van der Waals surface area contributed by atoms with Crippen LogP contribution in [0, 0.1) is 10.1 Å². The Morgan fingerprint density at radius 2 is 1.92 bits per heavy atom. The van der Waals surface area contributed by atoms with Crippen LogP contribution in [-0.4, -0.2) is 52.4 Å². The van der Waals surface area contributed by atoms with E-state index in [4.69, 9.17) is 0 Å². The summed E-state index contributed by atoms with van der Waals surface area (Å²) < 4.78 is 50.2. The standard InChI is InChI=1S/C14H19N3O6S2/c18-17(19)14-9-12(3-4-13(14)16-6-1-2-7-16)25(22,23)15-11-5-8-24(20,21)10-11/h3-4,9,11,15H,1-2,5-8,10H2/t11-/m0/s1. The third-order valence-electron chi connectivity index (χ3n) is 4.45. The number of anilines is 1. The summed E-state index contributed by atoms with van der Waals surface area (Å²) in [5, 5.41) is 11.4. The predicted molar refractivity (Wildman–Crippen MR) is 91.9 cm³/mol. The second kappa shape index (κ2) is 6.54. The van der Waals surface area contributed by atoms with E-state index in [9.17, 15) is 26.9 Å². The summed E-state index contributed by atoms with van der Waals surface area (Å²) in [4.78, 5) is 12.4. The van der Waals surface area contributed by atoms with Crippen molar-refractivity contribution in [3.63, 3.8) is 0 Å². The number of hydrogen-bond acceptors (Lipinski definition) is 7. The van der Waals surface area contributed by atoms with Gasteiger partial charge < -0.3 is 4.90 Å². The molecule has 9 nitrogen and oxygen atoms in total. The Balaban J connectivity index is 1.88. The van der Waals surface area contributed by atoms with E-state index in [1.807, 2.05) is 4.90 Å². The molecule has 0 spiro atoms. The number of sulfone groups is 1. The molecule has 2 heterocycles. The summed E-state index contributed by atoms with van der Waals surface area (Å²) in [6, 6.07) is 3.11. The van der Waals surface area contributed by atoms with Gasteiger partial charge in [-0.25, -0.2) is 21.6 Å². The van der Waals surface area contributed by atoms with Crippen molar-refractivity contribution in [3.8, 4) is 0 Å². The van der Waals surface area contributed by atoms with Gasteiger partial charge >= 0.3 is 0 Å². The van der Waals surface area contributed by atoms with E-state index >= 15 is 0 Å². The number of hydrogen-bond donors (Lipinski definition) is 1. The molecule has 25 heavy (non-hydrogen) atoms. The first-order valence-corrected chi connectivity index (χ1v) is 11.2. The molecule has 0 unspecified atom stereocenters. The zero-order valence-corrected chi connectivity index (χ0v) is 15.1. The Labute approximate surface area is 146 Å². The van der Waals surface area contributed by atoms with Crippen LogP contribution in [0.5, 0.6) is 0 Å². The minimum atomic E-state index is -4.03. The van der Waals surface area contributed by atoms with Crippen LogP contribution in [0.3, 0.4) is 0 Å². The zero-order chi connectivity index (χ0) is 18.2. The second-order valence-corrected chi connectivity index (χ2v) is 10.3. The monoisotopic (exact) mass is 389 g/mol. The van der Waals surface area contributed by atoms with Crippen LogP contribution in [0.2, 0.25) is 0 Å². The van der Waals surface area contributed by atoms with Crippen LogP contribution in [0.4, 0.5) is 11.4 Å². The maximum Gasteiger partial charge on any atom is 0.293 e. The van der Waals surface area contributed by atoms with Gasteiger partial charge in [0.1, 0.15) is 5.69 Å². The number of nitrogens with zero attached hydrogens (tertiary/aromatic N) is 2. The van der Waals surface area contributed by atoms with E-state index < -0.39 is 30.8 Å². The molecule has 11 heteroatoms. The minimum absolute atomic E-state index is 0.0613. The molecule has 2 fully saturated rings. The van der Waals surface area contributed by atoms with Crippen LogP contribution in [0.25, 0.3) is 0 Å². The number of benzene rings is 1. The number of sulfonamides is 1. The average Bonchev–Trinajstić information content (AvgIpc) is 3.16. The Morgan fingerprint density at radius 3 is 2.48 bits per heavy atom. The molecule has 1 atom stereocenters. The van der Waals surface area contributed by atoms with Crippen LogP contribution < -0.4 is 9.62 Å². The first kappa shape index (κ1) is 18.1. The molecule has 1 aromatic rings. The zero-order valence-electron chi connectivity index (χ0n) is 13.4. The summed E-state index contributed by atoms with van der Waals surface area (Å²) in [6.07, 6.45) is 2.08. The molecule has 0 aromatic heterocycles. The number of nitro benzene ring substituents is 1. The lowest BCUT2D eigenvalue weighted by atomic mass is 10.2. The first-order chi connectivity index (χ1) is 11.7. The molecule has 0 amide bonds. The highest BCUT2D eigenvalue weighted by Crippen LogP contribution is 2.33. The molecule has 0 aliphatic carbocycles. The Bertz CT molecular complexity index is 891. The van der Waals surface area contributed by atoms with Gasteiger partial charge in [-0.1, -0.05) is 0 Å². The molecule has 138 valence electrons. The van der Waals surface area contributed by atoms with Gasteiger partial charge in [-0.3, -0.25) is 10.1 Å². The smallest absolute Gasteiger partial charge is 0.293 e. The maximum atomic E-state index is 12.5. The largest absolute Gasteiger partial charge is 0.366 e. The van der Waals surface area contributed by atoms with Gasteiger partial charge in [0, 0.05) is 25.2 Å². The highest BCUT2D eigenvalue weighted by Gasteiger charge is 2.32. The average molecular weight is 389 g/mol. The van der Waals surface area contributed by atoms with E-state index in [2.05, 4.69) is 4.72 Å². The number of rotatable bonds is 5. The van der Waals surface area contributed by atoms with Gasteiger partial charge in [0.2, 0.25) is 10.0 Å². The summed E-state index contributed by atoms with van der Waals surface area (Å²) in [5.74, 6) is -0.311. The van der Waals surface area contributed by atoms with E-state index in [1.165, 1.54) is 12.1 Å². The maximum absolute atomic E-state index is 12.5. The fraction of sp³-hybridized carbons (Fsp3) is 0.571. The molecule has 2 aliphatic heterocycles. The van der Waals surface area contributed by atoms with Crippen LogP contribution in [0.1, 0.15) is 19.3 Å². The second-order valence-electron chi connectivity index (χ2n) is 6.32. The highest BCUT2D eigenvalue weighted by molar-refractivity contribution is 7.92. The Kier molecular flexibility index (Phi) is 4.73. The fourth-order valence-corrected chi connectivity index (χ4v) is 6.29.